The van der Waals surface area contributed by atoms with Crippen molar-refractivity contribution in [1.82, 2.24) is 19.7 Å². The van der Waals surface area contributed by atoms with Crippen LogP contribution in [0.3, 0.4) is 0 Å². The van der Waals surface area contributed by atoms with E-state index in [9.17, 15) is 26.7 Å². The summed E-state index contributed by atoms with van der Waals surface area (Å²) in [5.41, 5.74) is -0.177. The van der Waals surface area contributed by atoms with Gasteiger partial charge in [0.05, 0.1) is 12.1 Å². The third kappa shape index (κ3) is 2.61. The van der Waals surface area contributed by atoms with E-state index < -0.39 is 30.0 Å². The number of halogens is 5. The smallest absolute Gasteiger partial charge is 0.395 e. The Labute approximate surface area is 141 Å². The number of rotatable bonds is 1. The van der Waals surface area contributed by atoms with Crippen molar-refractivity contribution in [1.29, 1.82) is 0 Å². The van der Waals surface area contributed by atoms with E-state index in [0.717, 1.165) is 4.57 Å². The highest BCUT2D eigenvalue weighted by molar-refractivity contribution is 5.98. The maximum Gasteiger partial charge on any atom is 0.586 e. The summed E-state index contributed by atoms with van der Waals surface area (Å²) in [6, 6.07) is 3.83. The van der Waals surface area contributed by atoms with Gasteiger partial charge in [-0.1, -0.05) is 6.07 Å². The summed E-state index contributed by atoms with van der Waals surface area (Å²) < 4.78 is 74.6. The lowest BCUT2D eigenvalue weighted by atomic mass is 10.1. The van der Waals surface area contributed by atoms with Crippen molar-refractivity contribution in [2.24, 2.45) is 0 Å². The molecule has 0 bridgehead atoms. The van der Waals surface area contributed by atoms with E-state index in [2.05, 4.69) is 19.7 Å². The first-order valence-corrected chi connectivity index (χ1v) is 7.33. The van der Waals surface area contributed by atoms with Gasteiger partial charge >= 0.3 is 12.5 Å². The van der Waals surface area contributed by atoms with Crippen molar-refractivity contribution in [3.63, 3.8) is 0 Å². The summed E-state index contributed by atoms with van der Waals surface area (Å²) in [4.78, 5) is 13.8. The zero-order valence-corrected chi connectivity index (χ0v) is 12.8. The average molecular weight is 376 g/mol. The molecule has 0 unspecified atom stereocenters. The average Bonchev–Trinajstić information content (AvgIpc) is 3.11. The highest BCUT2D eigenvalue weighted by Crippen LogP contribution is 2.43. The molecular formula is C14H9F5N4O3. The lowest BCUT2D eigenvalue weighted by Gasteiger charge is -2.28. The molecule has 0 atom stereocenters. The number of ether oxygens (including phenoxy) is 2. The predicted molar refractivity (Wildman–Crippen MR) is 72.4 cm³/mol. The Balaban J connectivity index is 1.61. The van der Waals surface area contributed by atoms with Crippen molar-refractivity contribution in [3.05, 3.63) is 35.4 Å². The number of amides is 1. The molecule has 0 spiro atoms. The van der Waals surface area contributed by atoms with Crippen LogP contribution in [0.2, 0.25) is 0 Å². The lowest BCUT2D eigenvalue weighted by molar-refractivity contribution is -0.286. The van der Waals surface area contributed by atoms with Crippen molar-refractivity contribution in [2.45, 2.75) is 25.6 Å². The zero-order valence-electron chi connectivity index (χ0n) is 12.8. The van der Waals surface area contributed by atoms with E-state index in [1.54, 1.807) is 0 Å². The lowest BCUT2D eigenvalue weighted by Crippen LogP contribution is -2.39. The zero-order chi connectivity index (χ0) is 18.7. The number of carbonyl (C=O) groups excluding carboxylic acids is 1. The van der Waals surface area contributed by atoms with Crippen LogP contribution in [0.1, 0.15) is 22.0 Å². The third-order valence-electron chi connectivity index (χ3n) is 3.95. The number of hydrogen-bond donors (Lipinski definition) is 0. The van der Waals surface area contributed by atoms with Crippen LogP contribution < -0.4 is 9.47 Å². The summed E-state index contributed by atoms with van der Waals surface area (Å²) in [5, 5.41) is 6.59. The molecule has 1 aromatic carbocycles. The second kappa shape index (κ2) is 5.29. The number of benzene rings is 1. The Hall–Kier alpha value is -2.92. The van der Waals surface area contributed by atoms with Gasteiger partial charge in [0.25, 0.3) is 5.91 Å². The first kappa shape index (κ1) is 16.5. The molecule has 26 heavy (non-hydrogen) atoms. The summed E-state index contributed by atoms with van der Waals surface area (Å²) in [7, 11) is 0. The van der Waals surface area contributed by atoms with Crippen LogP contribution in [0.15, 0.2) is 18.2 Å². The molecule has 12 heteroatoms. The molecule has 1 aromatic heterocycles. The van der Waals surface area contributed by atoms with Gasteiger partial charge in [-0.15, -0.1) is 19.0 Å². The van der Waals surface area contributed by atoms with Gasteiger partial charge in [0.2, 0.25) is 5.82 Å². The van der Waals surface area contributed by atoms with Crippen LogP contribution in [-0.2, 0) is 19.3 Å². The minimum Gasteiger partial charge on any atom is -0.395 e. The Bertz CT molecular complexity index is 895. The highest BCUT2D eigenvalue weighted by Gasteiger charge is 2.46. The maximum absolute atomic E-state index is 13.2. The van der Waals surface area contributed by atoms with Crippen molar-refractivity contribution >= 4 is 5.91 Å². The van der Waals surface area contributed by atoms with Gasteiger partial charge in [0, 0.05) is 13.1 Å². The highest BCUT2D eigenvalue weighted by atomic mass is 19.4. The molecule has 4 rings (SSSR count). The van der Waals surface area contributed by atoms with E-state index in [4.69, 9.17) is 0 Å². The monoisotopic (exact) mass is 376 g/mol. The number of fused-ring (bicyclic) bond motifs is 2. The molecule has 0 saturated heterocycles. The number of carbonyl (C=O) groups is 1. The van der Waals surface area contributed by atoms with Gasteiger partial charge in [-0.3, -0.25) is 4.79 Å². The molecule has 3 heterocycles. The number of aromatic nitrogens is 3. The fourth-order valence-electron chi connectivity index (χ4n) is 2.85. The Kier molecular flexibility index (Phi) is 3.36. The first-order chi connectivity index (χ1) is 12.2. The fraction of sp³-hybridized carbons (Fsp3) is 0.357. The van der Waals surface area contributed by atoms with E-state index in [1.807, 2.05) is 0 Å². The molecule has 2 aliphatic heterocycles. The number of alkyl halides is 5. The van der Waals surface area contributed by atoms with E-state index in [0.29, 0.717) is 0 Å². The predicted octanol–water partition coefficient (Wildman–Crippen LogP) is 2.27. The molecule has 0 N–H and O–H groups in total. The van der Waals surface area contributed by atoms with Crippen LogP contribution in [0.5, 0.6) is 11.5 Å². The standard InChI is InChI=1S/C14H9F5N4O3/c15-13(16,17)12-21-20-9-6-22(4-5-23(9)12)11(24)7-2-1-3-8-10(7)26-14(18,19)25-8/h1-3H,4-6H2. The topological polar surface area (TPSA) is 69.5 Å². The minimum atomic E-state index is -4.66. The van der Waals surface area contributed by atoms with E-state index in [1.165, 1.54) is 23.1 Å². The number of hydrogen-bond acceptors (Lipinski definition) is 5. The molecule has 2 aliphatic rings. The van der Waals surface area contributed by atoms with Gasteiger partial charge in [-0.2, -0.15) is 13.2 Å². The summed E-state index contributed by atoms with van der Waals surface area (Å²) >= 11 is 0. The van der Waals surface area contributed by atoms with Crippen LogP contribution in [0.4, 0.5) is 22.0 Å². The normalized spacial score (nSPS) is 18.0. The molecule has 138 valence electrons. The van der Waals surface area contributed by atoms with Gasteiger partial charge in [-0.25, -0.2) is 0 Å². The molecule has 0 aliphatic carbocycles. The summed E-state index contributed by atoms with van der Waals surface area (Å²) in [5.74, 6) is -2.58. The van der Waals surface area contributed by atoms with Crippen LogP contribution in [0, 0.1) is 0 Å². The van der Waals surface area contributed by atoms with Crippen LogP contribution in [-0.4, -0.2) is 38.4 Å². The fourth-order valence-corrected chi connectivity index (χ4v) is 2.85. The molecular weight excluding hydrogens is 367 g/mol. The van der Waals surface area contributed by atoms with Crippen LogP contribution in [0.25, 0.3) is 0 Å². The Morgan fingerprint density at radius 1 is 1.15 bits per heavy atom. The molecule has 7 nitrogen and oxygen atoms in total. The molecule has 0 fully saturated rings. The Morgan fingerprint density at radius 3 is 2.65 bits per heavy atom. The van der Waals surface area contributed by atoms with Crippen molar-refractivity contribution in [3.8, 4) is 11.5 Å². The minimum absolute atomic E-state index is 0.0491. The summed E-state index contributed by atoms with van der Waals surface area (Å²) in [6.07, 6.45) is -8.54. The molecule has 0 radical (unpaired) electrons. The number of para-hydroxylation sites is 1. The van der Waals surface area contributed by atoms with E-state index in [-0.39, 0.29) is 36.8 Å². The van der Waals surface area contributed by atoms with Crippen molar-refractivity contribution in [2.75, 3.05) is 6.54 Å². The van der Waals surface area contributed by atoms with Gasteiger partial charge in [0.15, 0.2) is 17.3 Å². The molecule has 0 saturated carbocycles. The van der Waals surface area contributed by atoms with Gasteiger partial charge < -0.3 is 18.9 Å². The first-order valence-electron chi connectivity index (χ1n) is 7.33. The van der Waals surface area contributed by atoms with Crippen LogP contribution >= 0.6 is 0 Å². The Morgan fingerprint density at radius 2 is 1.92 bits per heavy atom. The van der Waals surface area contributed by atoms with Crippen molar-refractivity contribution < 1.29 is 36.2 Å². The summed E-state index contributed by atoms with van der Waals surface area (Å²) in [6.45, 7) is -0.498. The van der Waals surface area contributed by atoms with Gasteiger partial charge in [0.1, 0.15) is 0 Å². The second-order valence-corrected chi connectivity index (χ2v) is 5.62. The van der Waals surface area contributed by atoms with E-state index >= 15 is 0 Å². The van der Waals surface area contributed by atoms with Gasteiger partial charge in [-0.05, 0) is 12.1 Å². The molecule has 1 amide bonds. The quantitative estimate of drug-likeness (QED) is 0.715. The SMILES string of the molecule is O=C(c1cccc2c1OC(F)(F)O2)N1CCn2c(nnc2C(F)(F)F)C1. The molecule has 2 aromatic rings. The third-order valence-corrected chi connectivity index (χ3v) is 3.95. The maximum atomic E-state index is 13.2. The largest absolute Gasteiger partial charge is 0.586 e. The second-order valence-electron chi connectivity index (χ2n) is 5.62. The number of nitrogens with zero attached hydrogens (tertiary/aromatic N) is 4.